The van der Waals surface area contributed by atoms with Crippen LogP contribution in [0.3, 0.4) is 0 Å². The SMILES string of the molecule is CCN(C)C(=O)Nc1cc(F)cc(S(N)(=O)=O)c1. The van der Waals surface area contributed by atoms with Gasteiger partial charge in [0.1, 0.15) is 5.82 Å². The first kappa shape index (κ1) is 14.4. The number of carbonyl (C=O) groups is 1. The van der Waals surface area contributed by atoms with E-state index >= 15 is 0 Å². The Morgan fingerprint density at radius 1 is 1.44 bits per heavy atom. The Morgan fingerprint density at radius 3 is 2.56 bits per heavy atom. The average Bonchev–Trinajstić information content (AvgIpc) is 2.25. The number of rotatable bonds is 3. The predicted molar refractivity (Wildman–Crippen MR) is 65.1 cm³/mol. The monoisotopic (exact) mass is 275 g/mol. The average molecular weight is 275 g/mol. The highest BCUT2D eigenvalue weighted by atomic mass is 32.2. The maximum atomic E-state index is 13.2. The first-order valence-electron chi connectivity index (χ1n) is 5.09. The second-order valence-corrected chi connectivity index (χ2v) is 5.23. The molecule has 0 atom stereocenters. The molecule has 0 unspecified atom stereocenters. The van der Waals surface area contributed by atoms with Gasteiger partial charge in [-0.15, -0.1) is 0 Å². The molecule has 0 bridgehead atoms. The van der Waals surface area contributed by atoms with E-state index in [-0.39, 0.29) is 5.69 Å². The molecule has 0 aliphatic carbocycles. The quantitative estimate of drug-likeness (QED) is 0.860. The third-order valence-electron chi connectivity index (χ3n) is 2.27. The van der Waals surface area contributed by atoms with Crippen LogP contribution in [0.2, 0.25) is 0 Å². The summed E-state index contributed by atoms with van der Waals surface area (Å²) in [6.45, 7) is 2.23. The number of hydrogen-bond acceptors (Lipinski definition) is 3. The Kier molecular flexibility index (Phi) is 4.25. The molecule has 0 aromatic heterocycles. The van der Waals surface area contributed by atoms with E-state index in [1.165, 1.54) is 4.90 Å². The van der Waals surface area contributed by atoms with Crippen LogP contribution in [0.25, 0.3) is 0 Å². The number of sulfonamides is 1. The summed E-state index contributed by atoms with van der Waals surface area (Å²) in [5.41, 5.74) is 0.0318. The highest BCUT2D eigenvalue weighted by Gasteiger charge is 2.13. The molecule has 0 aliphatic heterocycles. The number of anilines is 1. The number of primary sulfonamides is 1. The Hall–Kier alpha value is -1.67. The maximum absolute atomic E-state index is 13.2. The molecule has 1 aromatic rings. The van der Waals surface area contributed by atoms with Gasteiger partial charge in [0.05, 0.1) is 4.90 Å². The van der Waals surface area contributed by atoms with Crippen LogP contribution in [-0.2, 0) is 10.0 Å². The van der Waals surface area contributed by atoms with Crippen molar-refractivity contribution >= 4 is 21.7 Å². The molecule has 1 rings (SSSR count). The first-order valence-corrected chi connectivity index (χ1v) is 6.64. The van der Waals surface area contributed by atoms with E-state index in [2.05, 4.69) is 5.32 Å². The van der Waals surface area contributed by atoms with Crippen molar-refractivity contribution in [3.8, 4) is 0 Å². The number of amides is 2. The molecule has 0 saturated carbocycles. The van der Waals surface area contributed by atoms with Gasteiger partial charge >= 0.3 is 6.03 Å². The lowest BCUT2D eigenvalue weighted by molar-refractivity contribution is 0.224. The van der Waals surface area contributed by atoms with Crippen LogP contribution in [0.5, 0.6) is 0 Å². The van der Waals surface area contributed by atoms with Crippen LogP contribution in [0.4, 0.5) is 14.9 Å². The smallest absolute Gasteiger partial charge is 0.321 e. The number of carbonyl (C=O) groups excluding carboxylic acids is 1. The molecule has 8 heteroatoms. The molecule has 0 heterocycles. The zero-order chi connectivity index (χ0) is 13.9. The van der Waals surface area contributed by atoms with Gasteiger partial charge in [0.2, 0.25) is 10.0 Å². The van der Waals surface area contributed by atoms with Gasteiger partial charge in [-0.05, 0) is 25.1 Å². The fourth-order valence-electron chi connectivity index (χ4n) is 1.16. The Labute approximate surface area is 105 Å². The number of hydrogen-bond donors (Lipinski definition) is 2. The summed E-state index contributed by atoms with van der Waals surface area (Å²) in [6.07, 6.45) is 0. The van der Waals surface area contributed by atoms with Crippen molar-refractivity contribution in [3.63, 3.8) is 0 Å². The van der Waals surface area contributed by atoms with Crippen LogP contribution in [0.1, 0.15) is 6.92 Å². The van der Waals surface area contributed by atoms with Gasteiger partial charge in [0, 0.05) is 19.3 Å². The minimum Gasteiger partial charge on any atom is -0.328 e. The first-order chi connectivity index (χ1) is 8.24. The topological polar surface area (TPSA) is 92.5 Å². The predicted octanol–water partition coefficient (Wildman–Crippen LogP) is 0.957. The fourth-order valence-corrected chi connectivity index (χ4v) is 1.73. The standard InChI is InChI=1S/C10H14FN3O3S/c1-3-14(2)10(15)13-8-4-7(11)5-9(6-8)18(12,16)17/h4-6H,3H2,1-2H3,(H,13,15)(H2,12,16,17). The third kappa shape index (κ3) is 3.67. The molecule has 3 N–H and O–H groups in total. The van der Waals surface area contributed by atoms with Crippen molar-refractivity contribution < 1.29 is 17.6 Å². The van der Waals surface area contributed by atoms with Crippen molar-refractivity contribution in [2.45, 2.75) is 11.8 Å². The van der Waals surface area contributed by atoms with E-state index in [9.17, 15) is 17.6 Å². The summed E-state index contributed by atoms with van der Waals surface area (Å²) in [5.74, 6) is -0.795. The van der Waals surface area contributed by atoms with Gasteiger partial charge in [-0.2, -0.15) is 0 Å². The summed E-state index contributed by atoms with van der Waals surface area (Å²) in [7, 11) is -2.46. The molecule has 0 radical (unpaired) electrons. The van der Waals surface area contributed by atoms with Crippen LogP contribution in [-0.4, -0.2) is 32.9 Å². The van der Waals surface area contributed by atoms with Gasteiger partial charge < -0.3 is 10.2 Å². The molecule has 0 saturated heterocycles. The second-order valence-electron chi connectivity index (χ2n) is 3.66. The van der Waals surface area contributed by atoms with E-state index < -0.39 is 26.8 Å². The third-order valence-corrected chi connectivity index (χ3v) is 3.16. The summed E-state index contributed by atoms with van der Waals surface area (Å²) in [6, 6.07) is 2.42. The summed E-state index contributed by atoms with van der Waals surface area (Å²) in [5, 5.41) is 7.27. The molecular formula is C10H14FN3O3S. The lowest BCUT2D eigenvalue weighted by Crippen LogP contribution is -2.31. The van der Waals surface area contributed by atoms with E-state index in [1.807, 2.05) is 0 Å². The van der Waals surface area contributed by atoms with Crippen LogP contribution >= 0.6 is 0 Å². The molecule has 18 heavy (non-hydrogen) atoms. The van der Waals surface area contributed by atoms with E-state index in [4.69, 9.17) is 5.14 Å². The fraction of sp³-hybridized carbons (Fsp3) is 0.300. The largest absolute Gasteiger partial charge is 0.328 e. The molecular weight excluding hydrogens is 261 g/mol. The van der Waals surface area contributed by atoms with Crippen LogP contribution in [0, 0.1) is 5.82 Å². The van der Waals surface area contributed by atoms with Crippen molar-refractivity contribution in [2.75, 3.05) is 18.9 Å². The van der Waals surface area contributed by atoms with Crippen LogP contribution < -0.4 is 10.5 Å². The highest BCUT2D eigenvalue weighted by Crippen LogP contribution is 2.17. The normalized spacial score (nSPS) is 11.1. The lowest BCUT2D eigenvalue weighted by atomic mass is 10.3. The second kappa shape index (κ2) is 5.32. The van der Waals surface area contributed by atoms with Gasteiger partial charge in [-0.3, -0.25) is 0 Å². The number of halogens is 1. The highest BCUT2D eigenvalue weighted by molar-refractivity contribution is 7.89. The zero-order valence-electron chi connectivity index (χ0n) is 9.97. The molecule has 0 spiro atoms. The summed E-state index contributed by atoms with van der Waals surface area (Å²) in [4.78, 5) is 12.5. The zero-order valence-corrected chi connectivity index (χ0v) is 10.8. The van der Waals surface area contributed by atoms with E-state index in [1.54, 1.807) is 14.0 Å². The minimum absolute atomic E-state index is 0.0318. The van der Waals surface area contributed by atoms with Gasteiger partial charge in [-0.1, -0.05) is 0 Å². The Balaban J connectivity index is 3.05. The van der Waals surface area contributed by atoms with Crippen molar-refractivity contribution in [2.24, 2.45) is 5.14 Å². The maximum Gasteiger partial charge on any atom is 0.321 e. The van der Waals surface area contributed by atoms with Crippen molar-refractivity contribution in [1.82, 2.24) is 4.90 Å². The van der Waals surface area contributed by atoms with E-state index in [0.717, 1.165) is 18.2 Å². The van der Waals surface area contributed by atoms with Gasteiger partial charge in [-0.25, -0.2) is 22.7 Å². The molecule has 6 nitrogen and oxygen atoms in total. The summed E-state index contributed by atoms with van der Waals surface area (Å²) < 4.78 is 35.4. The molecule has 0 aliphatic rings. The Bertz CT molecular complexity index is 559. The number of nitrogens with zero attached hydrogens (tertiary/aromatic N) is 1. The number of benzene rings is 1. The number of nitrogens with one attached hydrogen (secondary N) is 1. The van der Waals surface area contributed by atoms with Gasteiger partial charge in [0.25, 0.3) is 0 Å². The van der Waals surface area contributed by atoms with Crippen molar-refractivity contribution in [1.29, 1.82) is 0 Å². The number of nitrogens with two attached hydrogens (primary N) is 1. The van der Waals surface area contributed by atoms with E-state index in [0.29, 0.717) is 6.54 Å². The lowest BCUT2D eigenvalue weighted by Gasteiger charge is -2.15. The van der Waals surface area contributed by atoms with Crippen LogP contribution in [0.15, 0.2) is 23.1 Å². The molecule has 1 aromatic carbocycles. The van der Waals surface area contributed by atoms with Gasteiger partial charge in [0.15, 0.2) is 0 Å². The Morgan fingerprint density at radius 2 is 2.06 bits per heavy atom. The molecule has 100 valence electrons. The van der Waals surface area contributed by atoms with Crippen molar-refractivity contribution in [3.05, 3.63) is 24.0 Å². The minimum atomic E-state index is -4.01. The molecule has 2 amide bonds. The number of urea groups is 1. The molecule has 0 fully saturated rings. The summed E-state index contributed by atoms with van der Waals surface area (Å²) >= 11 is 0.